The molecule has 0 unspecified atom stereocenters. The van der Waals surface area contributed by atoms with Crippen LogP contribution in [0.25, 0.3) is 0 Å². The Balaban J connectivity index is 3.12. The monoisotopic (exact) mass is 279 g/mol. The molecule has 0 spiro atoms. The van der Waals surface area contributed by atoms with Crippen LogP contribution in [0.4, 0.5) is 11.4 Å². The molecule has 1 aromatic rings. The van der Waals surface area contributed by atoms with Crippen LogP contribution in [0.2, 0.25) is 0 Å². The molecule has 0 radical (unpaired) electrons. The van der Waals surface area contributed by atoms with Crippen molar-refractivity contribution in [2.45, 2.75) is 33.7 Å². The molecule has 1 aromatic carbocycles. The maximum atomic E-state index is 12.5. The van der Waals surface area contributed by atoms with Crippen LogP contribution in [-0.4, -0.2) is 28.3 Å². The number of carbonyl (C=O) groups excluding carboxylic acids is 1. The molecule has 0 aliphatic carbocycles. The topological polar surface area (TPSA) is 89.5 Å². The zero-order valence-electron chi connectivity index (χ0n) is 12.3. The van der Waals surface area contributed by atoms with Gasteiger partial charge in [-0.3, -0.25) is 14.9 Å². The highest BCUT2D eigenvalue weighted by Gasteiger charge is 2.22. The van der Waals surface area contributed by atoms with E-state index >= 15 is 0 Å². The number of hydrogen-bond acceptors (Lipinski definition) is 4. The van der Waals surface area contributed by atoms with Gasteiger partial charge in [-0.2, -0.15) is 0 Å². The molecule has 0 saturated carbocycles. The van der Waals surface area contributed by atoms with Gasteiger partial charge in [-0.25, -0.2) is 0 Å². The molecule has 20 heavy (non-hydrogen) atoms. The number of nitrogens with zero attached hydrogens (tertiary/aromatic N) is 2. The second-order valence-electron chi connectivity index (χ2n) is 5.48. The van der Waals surface area contributed by atoms with Crippen molar-refractivity contribution in [1.82, 2.24) is 4.90 Å². The van der Waals surface area contributed by atoms with Gasteiger partial charge in [-0.15, -0.1) is 0 Å². The summed E-state index contributed by atoms with van der Waals surface area (Å²) in [4.78, 5) is 24.5. The third kappa shape index (κ3) is 3.69. The van der Waals surface area contributed by atoms with E-state index in [1.165, 1.54) is 18.2 Å². The molecular formula is C14H21N3O3. The van der Waals surface area contributed by atoms with Gasteiger partial charge in [0.1, 0.15) is 5.69 Å². The number of nitrogen functional groups attached to an aromatic ring is 1. The van der Waals surface area contributed by atoms with Crippen LogP contribution in [0, 0.1) is 16.0 Å². The van der Waals surface area contributed by atoms with Crippen LogP contribution in [0.1, 0.15) is 38.1 Å². The Hall–Kier alpha value is -2.11. The summed E-state index contributed by atoms with van der Waals surface area (Å²) in [6.07, 6.45) is 0. The molecule has 0 atom stereocenters. The minimum atomic E-state index is -0.575. The quantitative estimate of drug-likeness (QED) is 0.509. The molecule has 6 heteroatoms. The Kier molecular flexibility index (Phi) is 5.07. The molecule has 0 heterocycles. The van der Waals surface area contributed by atoms with Gasteiger partial charge in [-0.05, 0) is 31.9 Å². The van der Waals surface area contributed by atoms with E-state index in [0.717, 1.165) is 0 Å². The van der Waals surface area contributed by atoms with Crippen molar-refractivity contribution < 1.29 is 9.72 Å². The van der Waals surface area contributed by atoms with Crippen molar-refractivity contribution in [3.63, 3.8) is 0 Å². The summed E-state index contributed by atoms with van der Waals surface area (Å²) >= 11 is 0. The third-order valence-corrected chi connectivity index (χ3v) is 2.92. The average Bonchev–Trinajstić information content (AvgIpc) is 2.34. The van der Waals surface area contributed by atoms with Crippen molar-refractivity contribution in [2.24, 2.45) is 5.92 Å². The highest BCUT2D eigenvalue weighted by molar-refractivity contribution is 5.95. The van der Waals surface area contributed by atoms with Crippen LogP contribution in [0.15, 0.2) is 18.2 Å². The van der Waals surface area contributed by atoms with Gasteiger partial charge in [0.2, 0.25) is 0 Å². The molecule has 0 saturated heterocycles. The Bertz CT molecular complexity index is 512. The van der Waals surface area contributed by atoms with E-state index < -0.39 is 4.92 Å². The van der Waals surface area contributed by atoms with Gasteiger partial charge in [-0.1, -0.05) is 13.8 Å². The van der Waals surface area contributed by atoms with Crippen molar-refractivity contribution >= 4 is 17.3 Å². The molecule has 110 valence electrons. The van der Waals surface area contributed by atoms with Gasteiger partial charge >= 0.3 is 0 Å². The SMILES string of the molecule is CC(C)CN(C(=O)c1ccc(N)c([N+](=O)[O-])c1)C(C)C. The minimum absolute atomic E-state index is 0.0292. The first-order valence-electron chi connectivity index (χ1n) is 6.59. The minimum Gasteiger partial charge on any atom is -0.393 e. The van der Waals surface area contributed by atoms with E-state index in [4.69, 9.17) is 5.73 Å². The number of carbonyl (C=O) groups is 1. The highest BCUT2D eigenvalue weighted by atomic mass is 16.6. The summed E-state index contributed by atoms with van der Waals surface area (Å²) in [6, 6.07) is 4.20. The Morgan fingerprint density at radius 3 is 2.40 bits per heavy atom. The molecule has 0 aromatic heterocycles. The van der Waals surface area contributed by atoms with E-state index in [2.05, 4.69) is 0 Å². The highest BCUT2D eigenvalue weighted by Crippen LogP contribution is 2.23. The van der Waals surface area contributed by atoms with Crippen LogP contribution in [0.3, 0.4) is 0 Å². The number of nitrogens with two attached hydrogens (primary N) is 1. The Labute approximate surface area is 118 Å². The summed E-state index contributed by atoms with van der Waals surface area (Å²) in [5.41, 5.74) is 5.66. The summed E-state index contributed by atoms with van der Waals surface area (Å²) < 4.78 is 0. The molecule has 1 amide bonds. The fraction of sp³-hybridized carbons (Fsp3) is 0.500. The van der Waals surface area contributed by atoms with Crippen molar-refractivity contribution in [2.75, 3.05) is 12.3 Å². The first-order valence-corrected chi connectivity index (χ1v) is 6.59. The van der Waals surface area contributed by atoms with E-state index in [-0.39, 0.29) is 23.3 Å². The standard InChI is InChI=1S/C14H21N3O3/c1-9(2)8-16(10(3)4)14(18)11-5-6-12(15)13(7-11)17(19)20/h5-7,9-10H,8,15H2,1-4H3. The second-order valence-corrected chi connectivity index (χ2v) is 5.48. The molecule has 0 aliphatic rings. The van der Waals surface area contributed by atoms with E-state index in [9.17, 15) is 14.9 Å². The number of amides is 1. The van der Waals surface area contributed by atoms with Gasteiger partial charge < -0.3 is 10.6 Å². The van der Waals surface area contributed by atoms with E-state index in [1.54, 1.807) is 4.90 Å². The second kappa shape index (κ2) is 6.36. The number of nitro groups is 1. The number of anilines is 1. The van der Waals surface area contributed by atoms with Crippen LogP contribution in [-0.2, 0) is 0 Å². The number of hydrogen-bond donors (Lipinski definition) is 1. The van der Waals surface area contributed by atoms with E-state index in [0.29, 0.717) is 18.0 Å². The van der Waals surface area contributed by atoms with E-state index in [1.807, 2.05) is 27.7 Å². The lowest BCUT2D eigenvalue weighted by atomic mass is 10.1. The largest absolute Gasteiger partial charge is 0.393 e. The lowest BCUT2D eigenvalue weighted by Gasteiger charge is -2.28. The van der Waals surface area contributed by atoms with Crippen LogP contribution in [0.5, 0.6) is 0 Å². The van der Waals surface area contributed by atoms with Crippen LogP contribution >= 0.6 is 0 Å². The van der Waals surface area contributed by atoms with Crippen molar-refractivity contribution in [3.05, 3.63) is 33.9 Å². The van der Waals surface area contributed by atoms with Gasteiger partial charge in [0, 0.05) is 24.2 Å². The lowest BCUT2D eigenvalue weighted by molar-refractivity contribution is -0.383. The van der Waals surface area contributed by atoms with Crippen LogP contribution < -0.4 is 5.73 Å². The first-order chi connectivity index (χ1) is 9.23. The predicted molar refractivity (Wildman–Crippen MR) is 78.5 cm³/mol. The average molecular weight is 279 g/mol. The Morgan fingerprint density at radius 1 is 1.35 bits per heavy atom. The van der Waals surface area contributed by atoms with Crippen molar-refractivity contribution in [1.29, 1.82) is 0 Å². The zero-order valence-corrected chi connectivity index (χ0v) is 12.3. The Morgan fingerprint density at radius 2 is 1.95 bits per heavy atom. The van der Waals surface area contributed by atoms with Gasteiger partial charge in [0.15, 0.2) is 0 Å². The summed E-state index contributed by atoms with van der Waals surface area (Å²) in [5, 5.41) is 10.9. The number of nitro benzene ring substituents is 1. The number of rotatable bonds is 5. The molecule has 0 aliphatic heterocycles. The molecule has 0 fully saturated rings. The number of benzene rings is 1. The first kappa shape index (κ1) is 15.9. The fourth-order valence-corrected chi connectivity index (χ4v) is 1.92. The maximum absolute atomic E-state index is 12.5. The molecular weight excluding hydrogens is 258 g/mol. The third-order valence-electron chi connectivity index (χ3n) is 2.92. The molecule has 1 rings (SSSR count). The summed E-state index contributed by atoms with van der Waals surface area (Å²) in [5.74, 6) is 0.113. The summed E-state index contributed by atoms with van der Waals surface area (Å²) in [6.45, 7) is 8.49. The normalized spacial score (nSPS) is 10.9. The fourth-order valence-electron chi connectivity index (χ4n) is 1.92. The molecule has 6 nitrogen and oxygen atoms in total. The summed E-state index contributed by atoms with van der Waals surface area (Å²) in [7, 11) is 0. The van der Waals surface area contributed by atoms with Gasteiger partial charge in [0.05, 0.1) is 4.92 Å². The van der Waals surface area contributed by atoms with Crippen molar-refractivity contribution in [3.8, 4) is 0 Å². The van der Waals surface area contributed by atoms with Gasteiger partial charge in [0.25, 0.3) is 11.6 Å². The maximum Gasteiger partial charge on any atom is 0.292 e. The smallest absolute Gasteiger partial charge is 0.292 e. The molecule has 0 bridgehead atoms. The zero-order chi connectivity index (χ0) is 15.4. The lowest BCUT2D eigenvalue weighted by Crippen LogP contribution is -2.39. The molecule has 2 N–H and O–H groups in total. The predicted octanol–water partition coefficient (Wildman–Crippen LogP) is 2.68.